The largest absolute Gasteiger partial charge is 0.294 e. The Labute approximate surface area is 102 Å². The van der Waals surface area contributed by atoms with Crippen LogP contribution in [0.15, 0.2) is 12.4 Å². The highest BCUT2D eigenvalue weighted by atomic mass is 127. The van der Waals surface area contributed by atoms with Crippen LogP contribution in [0, 0.1) is 2.88 Å². The maximum Gasteiger partial charge on any atom is 0.171 e. The van der Waals surface area contributed by atoms with Crippen molar-refractivity contribution in [2.45, 2.75) is 6.92 Å². The number of halogens is 1. The van der Waals surface area contributed by atoms with Crippen LogP contribution in [0.4, 0.5) is 0 Å². The molecule has 0 unspecified atom stereocenters. The third kappa shape index (κ3) is 2.01. The number of carbonyl (C=O) groups is 1. The minimum Gasteiger partial charge on any atom is -0.294 e. The third-order valence-corrected chi connectivity index (χ3v) is 4.48. The van der Waals surface area contributed by atoms with Crippen LogP contribution in [0.1, 0.15) is 16.6 Å². The van der Waals surface area contributed by atoms with E-state index in [-0.39, 0.29) is 5.78 Å². The van der Waals surface area contributed by atoms with Gasteiger partial charge in [0.05, 0.1) is 14.0 Å². The molecule has 6 heteroatoms. The number of nitrogens with zero attached hydrogens (tertiary/aromatic N) is 2. The summed E-state index contributed by atoms with van der Waals surface area (Å²) >= 11 is 5.18. The topological polar surface area (TPSA) is 42.9 Å². The Kier molecular flexibility index (Phi) is 2.93. The summed E-state index contributed by atoms with van der Waals surface area (Å²) in [4.78, 5) is 20.1. The molecule has 2 aromatic heterocycles. The smallest absolute Gasteiger partial charge is 0.171 e. The third-order valence-electron chi connectivity index (χ3n) is 1.51. The Bertz CT molecular complexity index is 477. The predicted molar refractivity (Wildman–Crippen MR) is 65.9 cm³/mol. The summed E-state index contributed by atoms with van der Waals surface area (Å²) in [5.74, 6) is 0.0556. The fourth-order valence-corrected chi connectivity index (χ4v) is 3.14. The summed E-state index contributed by atoms with van der Waals surface area (Å²) in [5, 5.41) is 1.70. The van der Waals surface area contributed by atoms with E-state index in [9.17, 15) is 4.79 Å². The molecule has 0 bridgehead atoms. The monoisotopic (exact) mass is 336 g/mol. The predicted octanol–water partition coefficient (Wildman–Crippen LogP) is 3.07. The summed E-state index contributed by atoms with van der Waals surface area (Å²) in [6.45, 7) is 1.54. The van der Waals surface area contributed by atoms with Crippen molar-refractivity contribution in [1.82, 2.24) is 9.97 Å². The molecule has 0 aliphatic carbocycles. The van der Waals surface area contributed by atoms with Crippen molar-refractivity contribution in [3.63, 3.8) is 0 Å². The molecule has 2 aromatic rings. The molecular formula is C8H5IN2OS2. The van der Waals surface area contributed by atoms with Crippen molar-refractivity contribution >= 4 is 51.0 Å². The van der Waals surface area contributed by atoms with Crippen LogP contribution >= 0.6 is 45.3 Å². The van der Waals surface area contributed by atoms with Crippen LogP contribution in [0.25, 0.3) is 10.0 Å². The first-order valence-corrected chi connectivity index (χ1v) is 6.46. The van der Waals surface area contributed by atoms with Crippen molar-refractivity contribution in [3.05, 3.63) is 20.2 Å². The van der Waals surface area contributed by atoms with Crippen LogP contribution in [-0.4, -0.2) is 15.8 Å². The zero-order valence-electron chi connectivity index (χ0n) is 7.15. The second kappa shape index (κ2) is 4.03. The van der Waals surface area contributed by atoms with Gasteiger partial charge >= 0.3 is 0 Å². The second-order valence-corrected chi connectivity index (χ2v) is 6.51. The molecule has 3 nitrogen and oxygen atoms in total. The van der Waals surface area contributed by atoms with Gasteiger partial charge in [-0.3, -0.25) is 4.79 Å². The molecule has 0 aliphatic rings. The molecule has 0 aliphatic heterocycles. The van der Waals surface area contributed by atoms with Crippen LogP contribution in [0.3, 0.4) is 0 Å². The lowest BCUT2D eigenvalue weighted by atomic mass is 10.4. The second-order valence-electron chi connectivity index (χ2n) is 2.56. The van der Waals surface area contributed by atoms with Gasteiger partial charge in [0.15, 0.2) is 15.8 Å². The van der Waals surface area contributed by atoms with Crippen LogP contribution in [0.2, 0.25) is 0 Å². The number of Topliss-reactive ketones (excluding diaryl/α,β-unsaturated/α-hetero) is 1. The minimum atomic E-state index is 0.0556. The van der Waals surface area contributed by atoms with Gasteiger partial charge in [-0.1, -0.05) is 0 Å². The standard InChI is InChI=1S/C8H5IN2OS2/c1-4(12)5-2-10-7(13-5)8-11-3-6(9)14-8/h2-3H,1H3. The molecule has 0 saturated heterocycles. The lowest BCUT2D eigenvalue weighted by molar-refractivity contribution is 0.102. The average molecular weight is 336 g/mol. The minimum absolute atomic E-state index is 0.0556. The molecular weight excluding hydrogens is 331 g/mol. The highest BCUT2D eigenvalue weighted by Gasteiger charge is 2.10. The van der Waals surface area contributed by atoms with Crippen molar-refractivity contribution in [2.24, 2.45) is 0 Å². The lowest BCUT2D eigenvalue weighted by Gasteiger charge is -1.84. The number of ketones is 1. The highest BCUT2D eigenvalue weighted by molar-refractivity contribution is 14.1. The average Bonchev–Trinajstić information content (AvgIpc) is 2.70. The van der Waals surface area contributed by atoms with Gasteiger partial charge in [0.1, 0.15) is 0 Å². The number of hydrogen-bond acceptors (Lipinski definition) is 5. The quantitative estimate of drug-likeness (QED) is 0.625. The fourth-order valence-electron chi connectivity index (χ4n) is 0.889. The normalized spacial score (nSPS) is 10.4. The van der Waals surface area contributed by atoms with E-state index in [0.717, 1.165) is 12.9 Å². The van der Waals surface area contributed by atoms with E-state index >= 15 is 0 Å². The molecule has 0 radical (unpaired) electrons. The van der Waals surface area contributed by atoms with Crippen molar-refractivity contribution in [3.8, 4) is 10.0 Å². The van der Waals surface area contributed by atoms with E-state index in [1.54, 1.807) is 30.7 Å². The van der Waals surface area contributed by atoms with Gasteiger partial charge in [-0.15, -0.1) is 22.7 Å². The van der Waals surface area contributed by atoms with Crippen LogP contribution in [0.5, 0.6) is 0 Å². The van der Waals surface area contributed by atoms with Crippen LogP contribution in [-0.2, 0) is 0 Å². The fraction of sp³-hybridized carbons (Fsp3) is 0.125. The zero-order chi connectivity index (χ0) is 10.1. The van der Waals surface area contributed by atoms with Gasteiger partial charge in [-0.05, 0) is 22.6 Å². The Morgan fingerprint density at radius 3 is 2.43 bits per heavy atom. The van der Waals surface area contributed by atoms with Crippen molar-refractivity contribution in [2.75, 3.05) is 0 Å². The molecule has 0 aromatic carbocycles. The first-order chi connectivity index (χ1) is 6.66. The molecule has 14 heavy (non-hydrogen) atoms. The van der Waals surface area contributed by atoms with E-state index in [0.29, 0.717) is 4.88 Å². The van der Waals surface area contributed by atoms with Gasteiger partial charge in [-0.25, -0.2) is 9.97 Å². The maximum absolute atomic E-state index is 11.0. The van der Waals surface area contributed by atoms with Crippen LogP contribution < -0.4 is 0 Å². The summed E-state index contributed by atoms with van der Waals surface area (Å²) in [6.07, 6.45) is 3.41. The number of rotatable bonds is 2. The van der Waals surface area contributed by atoms with E-state index in [1.165, 1.54) is 11.3 Å². The number of aromatic nitrogens is 2. The lowest BCUT2D eigenvalue weighted by Crippen LogP contribution is -1.83. The summed E-state index contributed by atoms with van der Waals surface area (Å²) in [7, 11) is 0. The van der Waals surface area contributed by atoms with Gasteiger partial charge < -0.3 is 0 Å². The first-order valence-electron chi connectivity index (χ1n) is 3.75. The van der Waals surface area contributed by atoms with Gasteiger partial charge in [-0.2, -0.15) is 0 Å². The number of thiazole rings is 2. The van der Waals surface area contributed by atoms with E-state index < -0.39 is 0 Å². The molecule has 0 atom stereocenters. The molecule has 0 N–H and O–H groups in total. The summed E-state index contributed by atoms with van der Waals surface area (Å²) < 4.78 is 1.12. The Morgan fingerprint density at radius 2 is 1.93 bits per heavy atom. The molecule has 0 amide bonds. The zero-order valence-corrected chi connectivity index (χ0v) is 10.9. The molecule has 0 spiro atoms. The SMILES string of the molecule is CC(=O)c1cnc(-c2ncc(I)s2)s1. The Morgan fingerprint density at radius 1 is 1.29 bits per heavy atom. The first kappa shape index (κ1) is 10.2. The number of carbonyl (C=O) groups excluding carboxylic acids is 1. The highest BCUT2D eigenvalue weighted by Crippen LogP contribution is 2.29. The van der Waals surface area contributed by atoms with Crippen molar-refractivity contribution < 1.29 is 4.79 Å². The maximum atomic E-state index is 11.0. The molecule has 0 fully saturated rings. The number of hydrogen-bond donors (Lipinski definition) is 0. The van der Waals surface area contributed by atoms with E-state index in [4.69, 9.17) is 0 Å². The summed E-state index contributed by atoms with van der Waals surface area (Å²) in [6, 6.07) is 0. The summed E-state index contributed by atoms with van der Waals surface area (Å²) in [5.41, 5.74) is 0. The van der Waals surface area contributed by atoms with E-state index in [1.807, 2.05) is 0 Å². The Hall–Kier alpha value is -0.340. The molecule has 0 saturated carbocycles. The molecule has 2 rings (SSSR count). The van der Waals surface area contributed by atoms with Crippen molar-refractivity contribution in [1.29, 1.82) is 0 Å². The van der Waals surface area contributed by atoms with Gasteiger partial charge in [0, 0.05) is 13.1 Å². The van der Waals surface area contributed by atoms with Gasteiger partial charge in [0.25, 0.3) is 0 Å². The molecule has 72 valence electrons. The van der Waals surface area contributed by atoms with Gasteiger partial charge in [0.2, 0.25) is 0 Å². The molecule has 2 heterocycles. The Balaban J connectivity index is 2.38. The van der Waals surface area contributed by atoms with E-state index in [2.05, 4.69) is 32.6 Å².